The van der Waals surface area contributed by atoms with Crippen LogP contribution in [0.3, 0.4) is 0 Å². The first-order valence-corrected chi connectivity index (χ1v) is 22.4. The third kappa shape index (κ3) is 13.8. The van der Waals surface area contributed by atoms with E-state index in [4.69, 9.17) is 18.9 Å². The molecular formula is C52H70O4. The standard InChI is InChI=1S/C52H70O4/c1-3-13-41-21-25-43(26-22-41)15-11-37-53-49-33-29-45(30-34-49)39-55-51(47-17-7-5-8-18-47)52(48-19-9-6-10-20-48)56-40-46-31-35-50(36-32-46)54-38-12-16-44-27-23-42(14-4-2)24-28-44/h5-10,17-20,29-36,41-44,51-52H,3-4,11-16,21-28,37-40H2,1-2H3/t41-,42-,43-,44-,51-,52-/m1/s1. The van der Waals surface area contributed by atoms with Gasteiger partial charge in [-0.1, -0.05) is 176 Å². The second-order valence-corrected chi connectivity index (χ2v) is 16.9. The van der Waals surface area contributed by atoms with Crippen molar-refractivity contribution >= 4 is 0 Å². The Morgan fingerprint density at radius 3 is 1.11 bits per heavy atom. The lowest BCUT2D eigenvalue weighted by Crippen LogP contribution is -2.18. The van der Waals surface area contributed by atoms with Gasteiger partial charge >= 0.3 is 0 Å². The molecule has 302 valence electrons. The van der Waals surface area contributed by atoms with Crippen LogP contribution in [0, 0.1) is 23.7 Å². The summed E-state index contributed by atoms with van der Waals surface area (Å²) in [6, 6.07) is 37.9. The maximum absolute atomic E-state index is 6.80. The SMILES string of the molecule is CCC[C@H]1CC[C@H](CCCOc2ccc(CO[C@H](c3ccccc3)[C@H](OCc3ccc(OCCC[C@H]4CC[C@H](CCC)CC4)cc3)c3ccccc3)cc2)CC1. The van der Waals surface area contributed by atoms with Crippen LogP contribution in [0.2, 0.25) is 0 Å². The quantitative estimate of drug-likeness (QED) is 0.0706. The number of rotatable bonds is 23. The predicted molar refractivity (Wildman–Crippen MR) is 231 cm³/mol. The van der Waals surface area contributed by atoms with Crippen LogP contribution in [0.25, 0.3) is 0 Å². The van der Waals surface area contributed by atoms with E-state index in [0.29, 0.717) is 13.2 Å². The number of ether oxygens (including phenoxy) is 4. The average Bonchev–Trinajstić information content (AvgIpc) is 3.25. The lowest BCUT2D eigenvalue weighted by molar-refractivity contribution is -0.0908. The molecule has 0 aliphatic heterocycles. The molecule has 4 heteroatoms. The largest absolute Gasteiger partial charge is 0.494 e. The van der Waals surface area contributed by atoms with Crippen molar-refractivity contribution in [2.24, 2.45) is 23.7 Å². The first kappa shape index (κ1) is 42.0. The maximum Gasteiger partial charge on any atom is 0.119 e. The zero-order chi connectivity index (χ0) is 38.6. The summed E-state index contributed by atoms with van der Waals surface area (Å²) in [7, 11) is 0. The van der Waals surface area contributed by atoms with Crippen molar-refractivity contribution in [3.05, 3.63) is 131 Å². The molecule has 0 amide bonds. The smallest absolute Gasteiger partial charge is 0.119 e. The van der Waals surface area contributed by atoms with Crippen molar-refractivity contribution in [3.8, 4) is 11.5 Å². The molecule has 0 radical (unpaired) electrons. The third-order valence-corrected chi connectivity index (χ3v) is 12.6. The topological polar surface area (TPSA) is 36.9 Å². The van der Waals surface area contributed by atoms with Crippen LogP contribution >= 0.6 is 0 Å². The Morgan fingerprint density at radius 2 is 0.768 bits per heavy atom. The highest BCUT2D eigenvalue weighted by atomic mass is 16.5. The summed E-state index contributed by atoms with van der Waals surface area (Å²) in [6.07, 6.45) is 21.1. The summed E-state index contributed by atoms with van der Waals surface area (Å²) >= 11 is 0. The molecule has 2 aliphatic carbocycles. The molecule has 0 N–H and O–H groups in total. The van der Waals surface area contributed by atoms with Gasteiger partial charge in [-0.05, 0) is 95.9 Å². The molecule has 0 heterocycles. The second-order valence-electron chi connectivity index (χ2n) is 16.9. The van der Waals surface area contributed by atoms with Gasteiger partial charge in [-0.3, -0.25) is 0 Å². The van der Waals surface area contributed by atoms with Crippen LogP contribution < -0.4 is 9.47 Å². The fourth-order valence-electron chi connectivity index (χ4n) is 9.30. The van der Waals surface area contributed by atoms with E-state index in [1.54, 1.807) is 0 Å². The van der Waals surface area contributed by atoms with E-state index in [9.17, 15) is 0 Å². The molecule has 4 aromatic rings. The number of hydrogen-bond donors (Lipinski definition) is 0. The van der Waals surface area contributed by atoms with E-state index in [1.165, 1.54) is 89.9 Å². The van der Waals surface area contributed by atoms with E-state index in [1.807, 2.05) is 0 Å². The molecule has 4 aromatic carbocycles. The van der Waals surface area contributed by atoms with Gasteiger partial charge in [0.1, 0.15) is 23.7 Å². The molecule has 6 rings (SSSR count). The van der Waals surface area contributed by atoms with Gasteiger partial charge in [0, 0.05) is 0 Å². The van der Waals surface area contributed by atoms with Gasteiger partial charge in [-0.15, -0.1) is 0 Å². The third-order valence-electron chi connectivity index (χ3n) is 12.6. The molecule has 0 unspecified atom stereocenters. The normalized spacial score (nSPS) is 21.0. The fourth-order valence-corrected chi connectivity index (χ4v) is 9.30. The molecule has 2 atom stereocenters. The van der Waals surface area contributed by atoms with Crippen LogP contribution in [-0.2, 0) is 22.7 Å². The van der Waals surface area contributed by atoms with Crippen LogP contribution in [0.1, 0.15) is 151 Å². The maximum atomic E-state index is 6.80. The van der Waals surface area contributed by atoms with Crippen LogP contribution in [-0.4, -0.2) is 13.2 Å². The summed E-state index contributed by atoms with van der Waals surface area (Å²) in [5.41, 5.74) is 4.42. The summed E-state index contributed by atoms with van der Waals surface area (Å²) in [5.74, 6) is 5.59. The Bertz CT molecular complexity index is 1470. The average molecular weight is 759 g/mol. The highest BCUT2D eigenvalue weighted by molar-refractivity contribution is 5.29. The minimum atomic E-state index is -0.295. The van der Waals surface area contributed by atoms with E-state index in [-0.39, 0.29) is 12.2 Å². The molecular weight excluding hydrogens is 689 g/mol. The van der Waals surface area contributed by atoms with E-state index in [0.717, 1.165) is 83.5 Å². The molecule has 0 saturated heterocycles. The molecule has 56 heavy (non-hydrogen) atoms. The molecule has 0 bridgehead atoms. The summed E-state index contributed by atoms with van der Waals surface area (Å²) in [6.45, 7) is 7.15. The zero-order valence-corrected chi connectivity index (χ0v) is 34.6. The summed E-state index contributed by atoms with van der Waals surface area (Å²) in [5, 5.41) is 0. The highest BCUT2D eigenvalue weighted by Gasteiger charge is 2.27. The Balaban J connectivity index is 0.988. The lowest BCUT2D eigenvalue weighted by atomic mass is 9.78. The van der Waals surface area contributed by atoms with Gasteiger partial charge in [0.05, 0.1) is 26.4 Å². The Labute approximate surface area is 339 Å². The molecule has 2 saturated carbocycles. The lowest BCUT2D eigenvalue weighted by Gasteiger charge is -2.29. The van der Waals surface area contributed by atoms with E-state index < -0.39 is 0 Å². The molecule has 4 nitrogen and oxygen atoms in total. The van der Waals surface area contributed by atoms with Gasteiger partial charge in [0.15, 0.2) is 0 Å². The highest BCUT2D eigenvalue weighted by Crippen LogP contribution is 2.38. The van der Waals surface area contributed by atoms with Gasteiger partial charge in [0.2, 0.25) is 0 Å². The van der Waals surface area contributed by atoms with Crippen LogP contribution in [0.5, 0.6) is 11.5 Å². The van der Waals surface area contributed by atoms with Gasteiger partial charge in [0.25, 0.3) is 0 Å². The summed E-state index contributed by atoms with van der Waals surface area (Å²) < 4.78 is 25.9. The molecule has 0 spiro atoms. The van der Waals surface area contributed by atoms with Crippen molar-refractivity contribution in [2.75, 3.05) is 13.2 Å². The van der Waals surface area contributed by atoms with E-state index >= 15 is 0 Å². The van der Waals surface area contributed by atoms with Crippen molar-refractivity contribution in [3.63, 3.8) is 0 Å². The van der Waals surface area contributed by atoms with Gasteiger partial charge in [-0.2, -0.15) is 0 Å². The predicted octanol–water partition coefficient (Wildman–Crippen LogP) is 14.4. The Morgan fingerprint density at radius 1 is 0.429 bits per heavy atom. The zero-order valence-electron chi connectivity index (χ0n) is 34.6. The Kier molecular flexibility index (Phi) is 17.7. The van der Waals surface area contributed by atoms with Crippen LogP contribution in [0.4, 0.5) is 0 Å². The minimum absolute atomic E-state index is 0.295. The molecule has 2 fully saturated rings. The number of benzene rings is 4. The Hall–Kier alpha value is -3.60. The summed E-state index contributed by atoms with van der Waals surface area (Å²) in [4.78, 5) is 0. The van der Waals surface area contributed by atoms with Crippen molar-refractivity contribution in [2.45, 2.75) is 142 Å². The van der Waals surface area contributed by atoms with Crippen molar-refractivity contribution < 1.29 is 18.9 Å². The van der Waals surface area contributed by atoms with Gasteiger partial charge < -0.3 is 18.9 Å². The van der Waals surface area contributed by atoms with Crippen molar-refractivity contribution in [1.29, 1.82) is 0 Å². The number of hydrogen-bond acceptors (Lipinski definition) is 4. The van der Waals surface area contributed by atoms with Gasteiger partial charge in [-0.25, -0.2) is 0 Å². The first-order valence-electron chi connectivity index (χ1n) is 22.4. The van der Waals surface area contributed by atoms with E-state index in [2.05, 4.69) is 123 Å². The first-order chi connectivity index (χ1) is 27.7. The van der Waals surface area contributed by atoms with Crippen LogP contribution in [0.15, 0.2) is 109 Å². The minimum Gasteiger partial charge on any atom is -0.494 e. The second kappa shape index (κ2) is 23.6. The van der Waals surface area contributed by atoms with Crippen molar-refractivity contribution in [1.82, 2.24) is 0 Å². The monoisotopic (exact) mass is 759 g/mol. The fraction of sp³-hybridized carbons (Fsp3) is 0.538. The molecule has 2 aliphatic rings. The molecule has 0 aromatic heterocycles.